The number of halogens is 1. The molecule has 2 aromatic carbocycles. The molecule has 0 aliphatic carbocycles. The lowest BCUT2D eigenvalue weighted by Gasteiger charge is -2.14. The first-order valence-electron chi connectivity index (χ1n) is 8.61. The predicted molar refractivity (Wildman–Crippen MR) is 110 cm³/mol. The molecule has 2 aromatic rings. The Hall–Kier alpha value is -2.00. The fraction of sp³-hybridized carbons (Fsp3) is 0.273. The highest BCUT2D eigenvalue weighted by atomic mass is 79.9. The number of alkyl halides is 1. The highest BCUT2D eigenvalue weighted by molar-refractivity contribution is 9.09. The van der Waals surface area contributed by atoms with E-state index in [0.717, 1.165) is 47.2 Å². The van der Waals surface area contributed by atoms with E-state index in [1.165, 1.54) is 5.57 Å². The van der Waals surface area contributed by atoms with Gasteiger partial charge in [-0.2, -0.15) is 0 Å². The van der Waals surface area contributed by atoms with Crippen molar-refractivity contribution in [2.24, 2.45) is 0 Å². The molecule has 0 fully saturated rings. The topological polar surface area (TPSA) is 29.5 Å². The van der Waals surface area contributed by atoms with Crippen LogP contribution in [0.5, 0.6) is 11.5 Å². The summed E-state index contributed by atoms with van der Waals surface area (Å²) in [6, 6.07) is 15.6. The minimum Gasteiger partial charge on any atom is -0.508 e. The first-order chi connectivity index (χ1) is 12.2. The zero-order valence-corrected chi connectivity index (χ0v) is 16.4. The van der Waals surface area contributed by atoms with Gasteiger partial charge in [-0.25, -0.2) is 0 Å². The third-order valence-corrected chi connectivity index (χ3v) is 4.57. The van der Waals surface area contributed by atoms with Crippen LogP contribution in [0.25, 0.3) is 11.1 Å². The van der Waals surface area contributed by atoms with Crippen molar-refractivity contribution in [1.29, 1.82) is 0 Å². The Labute approximate surface area is 159 Å². The Morgan fingerprint density at radius 3 is 1.88 bits per heavy atom. The number of hydrogen-bond donors (Lipinski definition) is 1. The quantitative estimate of drug-likeness (QED) is 0.313. The molecule has 0 saturated heterocycles. The van der Waals surface area contributed by atoms with E-state index in [4.69, 9.17) is 4.74 Å². The monoisotopic (exact) mass is 400 g/mol. The second-order valence-electron chi connectivity index (χ2n) is 5.72. The number of unbranched alkanes of at least 4 members (excludes halogenated alkanes) is 1. The van der Waals surface area contributed by atoms with Gasteiger partial charge < -0.3 is 9.84 Å². The van der Waals surface area contributed by atoms with Gasteiger partial charge in [-0.05, 0) is 73.2 Å². The summed E-state index contributed by atoms with van der Waals surface area (Å²) in [5.74, 6) is 1.18. The molecule has 0 aromatic heterocycles. The molecule has 0 unspecified atom stereocenters. The van der Waals surface area contributed by atoms with E-state index in [0.29, 0.717) is 0 Å². The Kier molecular flexibility index (Phi) is 7.80. The summed E-state index contributed by atoms with van der Waals surface area (Å²) in [6.45, 7) is 4.83. The predicted octanol–water partition coefficient (Wildman–Crippen LogP) is 6.45. The molecule has 132 valence electrons. The van der Waals surface area contributed by atoms with Crippen LogP contribution in [0.4, 0.5) is 0 Å². The van der Waals surface area contributed by atoms with Gasteiger partial charge in [0.05, 0.1) is 6.61 Å². The van der Waals surface area contributed by atoms with Gasteiger partial charge in [0.25, 0.3) is 0 Å². The molecule has 0 atom stereocenters. The maximum atomic E-state index is 9.51. The van der Waals surface area contributed by atoms with Gasteiger partial charge in [-0.3, -0.25) is 0 Å². The van der Waals surface area contributed by atoms with Crippen molar-refractivity contribution < 1.29 is 9.84 Å². The van der Waals surface area contributed by atoms with E-state index in [1.807, 2.05) is 38.1 Å². The van der Waals surface area contributed by atoms with Crippen LogP contribution >= 0.6 is 15.9 Å². The average molecular weight is 401 g/mol. The minimum atomic E-state index is 0.280. The number of ether oxygens (including phenoxy) is 1. The van der Waals surface area contributed by atoms with Crippen molar-refractivity contribution in [3.8, 4) is 11.5 Å². The van der Waals surface area contributed by atoms with Crippen molar-refractivity contribution in [3.05, 3.63) is 71.8 Å². The SMILES string of the molecule is CC=C(C(=CC)c1ccc(OCCCCBr)cc1)c1ccc(O)cc1. The Bertz CT molecular complexity index is 713. The maximum Gasteiger partial charge on any atom is 0.119 e. The van der Waals surface area contributed by atoms with Crippen LogP contribution in [-0.2, 0) is 0 Å². The van der Waals surface area contributed by atoms with Gasteiger partial charge in [-0.1, -0.05) is 52.3 Å². The molecular weight excluding hydrogens is 376 g/mol. The standard InChI is InChI=1S/C22H25BrO2/c1-3-21(17-7-11-19(24)12-8-17)22(4-2)18-9-13-20(14-10-18)25-16-6-5-15-23/h3-4,7-14,24H,5-6,15-16H2,1-2H3. The Morgan fingerprint density at radius 2 is 1.40 bits per heavy atom. The summed E-state index contributed by atoms with van der Waals surface area (Å²) >= 11 is 3.43. The number of aromatic hydroxyl groups is 1. The zero-order valence-electron chi connectivity index (χ0n) is 14.8. The first kappa shape index (κ1) is 19.3. The Balaban J connectivity index is 2.15. The van der Waals surface area contributed by atoms with Gasteiger partial charge in [0.1, 0.15) is 11.5 Å². The number of hydrogen-bond acceptors (Lipinski definition) is 2. The molecular formula is C22H25BrO2. The molecule has 0 bridgehead atoms. The molecule has 0 amide bonds. The first-order valence-corrected chi connectivity index (χ1v) is 9.73. The van der Waals surface area contributed by atoms with Gasteiger partial charge in [0, 0.05) is 5.33 Å². The molecule has 2 rings (SSSR count). The molecule has 0 radical (unpaired) electrons. The van der Waals surface area contributed by atoms with Crippen molar-refractivity contribution in [2.45, 2.75) is 26.7 Å². The number of benzene rings is 2. The van der Waals surface area contributed by atoms with Crippen LogP contribution in [0, 0.1) is 0 Å². The highest BCUT2D eigenvalue weighted by Gasteiger charge is 2.09. The van der Waals surface area contributed by atoms with Crippen LogP contribution in [0.3, 0.4) is 0 Å². The molecule has 0 aliphatic rings. The molecule has 0 saturated carbocycles. The molecule has 1 N–H and O–H groups in total. The lowest BCUT2D eigenvalue weighted by molar-refractivity contribution is 0.310. The fourth-order valence-corrected chi connectivity index (χ4v) is 3.11. The summed E-state index contributed by atoms with van der Waals surface area (Å²) < 4.78 is 5.78. The van der Waals surface area contributed by atoms with Crippen molar-refractivity contribution in [2.75, 3.05) is 11.9 Å². The largest absolute Gasteiger partial charge is 0.508 e. The third kappa shape index (κ3) is 5.50. The summed E-state index contributed by atoms with van der Waals surface area (Å²) in [5, 5.41) is 10.5. The number of phenols is 1. The second kappa shape index (κ2) is 10.1. The van der Waals surface area contributed by atoms with Crippen LogP contribution in [0.15, 0.2) is 60.7 Å². The van der Waals surface area contributed by atoms with Crippen LogP contribution < -0.4 is 4.74 Å². The Morgan fingerprint density at radius 1 is 0.880 bits per heavy atom. The van der Waals surface area contributed by atoms with Crippen molar-refractivity contribution >= 4 is 27.1 Å². The second-order valence-corrected chi connectivity index (χ2v) is 6.51. The minimum absolute atomic E-state index is 0.280. The number of allylic oxidation sites excluding steroid dienone is 4. The van der Waals surface area contributed by atoms with E-state index >= 15 is 0 Å². The molecule has 2 nitrogen and oxygen atoms in total. The summed E-state index contributed by atoms with van der Waals surface area (Å²) in [6.07, 6.45) is 6.40. The van der Waals surface area contributed by atoms with Crippen molar-refractivity contribution in [1.82, 2.24) is 0 Å². The van der Waals surface area contributed by atoms with Gasteiger partial charge in [-0.15, -0.1) is 0 Å². The summed E-state index contributed by atoms with van der Waals surface area (Å²) in [5.41, 5.74) is 4.55. The van der Waals surface area contributed by atoms with E-state index in [9.17, 15) is 5.11 Å². The molecule has 0 aliphatic heterocycles. The van der Waals surface area contributed by atoms with Gasteiger partial charge in [0.2, 0.25) is 0 Å². The summed E-state index contributed by atoms with van der Waals surface area (Å²) in [7, 11) is 0. The van der Waals surface area contributed by atoms with E-state index < -0.39 is 0 Å². The van der Waals surface area contributed by atoms with Gasteiger partial charge >= 0.3 is 0 Å². The smallest absolute Gasteiger partial charge is 0.119 e. The molecule has 3 heteroatoms. The van der Waals surface area contributed by atoms with E-state index in [1.54, 1.807) is 12.1 Å². The summed E-state index contributed by atoms with van der Waals surface area (Å²) in [4.78, 5) is 0. The van der Waals surface area contributed by atoms with Crippen LogP contribution in [0.1, 0.15) is 37.8 Å². The third-order valence-electron chi connectivity index (χ3n) is 4.01. The van der Waals surface area contributed by atoms with Crippen molar-refractivity contribution in [3.63, 3.8) is 0 Å². The zero-order chi connectivity index (χ0) is 18.1. The molecule has 0 heterocycles. The van der Waals surface area contributed by atoms with E-state index in [-0.39, 0.29) is 5.75 Å². The molecule has 0 spiro atoms. The normalized spacial score (nSPS) is 12.3. The van der Waals surface area contributed by atoms with Crippen LogP contribution in [-0.4, -0.2) is 17.0 Å². The fourth-order valence-electron chi connectivity index (χ4n) is 2.71. The lowest BCUT2D eigenvalue weighted by Crippen LogP contribution is -1.98. The number of phenolic OH excluding ortho intramolecular Hbond substituents is 1. The molecule has 25 heavy (non-hydrogen) atoms. The lowest BCUT2D eigenvalue weighted by atomic mass is 9.92. The van der Waals surface area contributed by atoms with Crippen LogP contribution in [0.2, 0.25) is 0 Å². The average Bonchev–Trinajstić information content (AvgIpc) is 2.65. The van der Waals surface area contributed by atoms with Gasteiger partial charge in [0.15, 0.2) is 0 Å². The van der Waals surface area contributed by atoms with E-state index in [2.05, 4.69) is 40.2 Å². The highest BCUT2D eigenvalue weighted by Crippen LogP contribution is 2.32. The number of rotatable bonds is 8. The maximum absolute atomic E-state index is 9.51.